The molecule has 2 N–H and O–H groups in total. The van der Waals surface area contributed by atoms with Gasteiger partial charge in [0.05, 0.1) is 18.9 Å². The lowest BCUT2D eigenvalue weighted by molar-refractivity contribution is 0.101. The third-order valence-corrected chi connectivity index (χ3v) is 4.62. The Kier molecular flexibility index (Phi) is 6.46. The zero-order chi connectivity index (χ0) is 21.0. The number of rotatable bonds is 6. The van der Waals surface area contributed by atoms with Crippen LogP contribution in [0.25, 0.3) is 11.3 Å². The number of carbonyl (C=O) groups excluding carboxylic acids is 1. The van der Waals surface area contributed by atoms with Crippen molar-refractivity contribution in [3.05, 3.63) is 70.1 Å². The van der Waals surface area contributed by atoms with Gasteiger partial charge in [-0.05, 0) is 61.7 Å². The number of benzene rings is 2. The number of aliphatic hydroxyl groups is 1. The van der Waals surface area contributed by atoms with E-state index >= 15 is 0 Å². The minimum atomic E-state index is -0.421. The molecule has 0 aliphatic rings. The molecule has 150 valence electrons. The first-order chi connectivity index (χ1) is 13.9. The molecule has 0 fully saturated rings. The van der Waals surface area contributed by atoms with Gasteiger partial charge in [-0.2, -0.15) is 0 Å². The maximum absolute atomic E-state index is 12.8. The Morgan fingerprint density at radius 3 is 2.55 bits per heavy atom. The highest BCUT2D eigenvalue weighted by molar-refractivity contribution is 6.31. The van der Waals surface area contributed by atoms with E-state index in [0.717, 1.165) is 16.7 Å². The number of aliphatic hydroxyl groups excluding tert-OH is 1. The molecule has 6 nitrogen and oxygen atoms in total. The van der Waals surface area contributed by atoms with Crippen LogP contribution in [0.3, 0.4) is 0 Å². The summed E-state index contributed by atoms with van der Waals surface area (Å²) in [7, 11) is 0. The molecule has 0 bridgehead atoms. The summed E-state index contributed by atoms with van der Waals surface area (Å²) >= 11 is 6.14. The molecule has 0 unspecified atom stereocenters. The van der Waals surface area contributed by atoms with Crippen molar-refractivity contribution in [2.75, 3.05) is 11.9 Å². The van der Waals surface area contributed by atoms with Gasteiger partial charge in [0.1, 0.15) is 5.75 Å². The normalized spacial score (nSPS) is 10.7. The highest BCUT2D eigenvalue weighted by Crippen LogP contribution is 2.31. The molecule has 3 aromatic rings. The molecule has 1 heterocycles. The van der Waals surface area contributed by atoms with Gasteiger partial charge in [-0.25, -0.2) is 9.97 Å². The van der Waals surface area contributed by atoms with Crippen LogP contribution >= 0.6 is 11.6 Å². The van der Waals surface area contributed by atoms with Gasteiger partial charge >= 0.3 is 0 Å². The number of anilines is 1. The quantitative estimate of drug-likeness (QED) is 0.621. The maximum atomic E-state index is 12.8. The minimum Gasteiger partial charge on any atom is -0.493 e. The Bertz CT molecular complexity index is 1030. The van der Waals surface area contributed by atoms with E-state index in [9.17, 15) is 9.90 Å². The van der Waals surface area contributed by atoms with Gasteiger partial charge in [-0.1, -0.05) is 23.7 Å². The predicted octanol–water partition coefficient (Wildman–Crippen LogP) is 4.56. The van der Waals surface area contributed by atoms with Gasteiger partial charge in [0.2, 0.25) is 5.82 Å². The molecular formula is C22H22ClN3O3. The first-order valence-electron chi connectivity index (χ1n) is 9.21. The van der Waals surface area contributed by atoms with Crippen LogP contribution in [0.1, 0.15) is 34.2 Å². The molecule has 7 heteroatoms. The van der Waals surface area contributed by atoms with E-state index in [1.54, 1.807) is 24.3 Å². The number of nitrogens with one attached hydrogen (secondary N) is 1. The summed E-state index contributed by atoms with van der Waals surface area (Å²) < 4.78 is 5.66. The van der Waals surface area contributed by atoms with Crippen molar-refractivity contribution in [1.82, 2.24) is 9.97 Å². The van der Waals surface area contributed by atoms with E-state index in [1.807, 2.05) is 32.9 Å². The monoisotopic (exact) mass is 411 g/mol. The lowest BCUT2D eigenvalue weighted by Crippen LogP contribution is -2.17. The van der Waals surface area contributed by atoms with Crippen molar-refractivity contribution in [3.63, 3.8) is 0 Å². The number of nitrogens with zero attached hydrogens (tertiary/aromatic N) is 2. The van der Waals surface area contributed by atoms with Gasteiger partial charge in [0.15, 0.2) is 0 Å². The van der Waals surface area contributed by atoms with Crippen molar-refractivity contribution >= 4 is 23.2 Å². The van der Waals surface area contributed by atoms with E-state index in [4.69, 9.17) is 16.3 Å². The Labute approximate surface area is 174 Å². The Morgan fingerprint density at radius 2 is 1.90 bits per heavy atom. The molecule has 0 aliphatic carbocycles. The zero-order valence-corrected chi connectivity index (χ0v) is 17.2. The summed E-state index contributed by atoms with van der Waals surface area (Å²) in [5, 5.41) is 12.7. The first kappa shape index (κ1) is 20.8. The summed E-state index contributed by atoms with van der Waals surface area (Å²) in [6.45, 7) is 6.08. The highest BCUT2D eigenvalue weighted by Gasteiger charge is 2.16. The second-order valence-electron chi connectivity index (χ2n) is 6.56. The van der Waals surface area contributed by atoms with Crippen molar-refractivity contribution in [3.8, 4) is 17.0 Å². The van der Waals surface area contributed by atoms with Crippen LogP contribution in [0.2, 0.25) is 5.02 Å². The fraction of sp³-hybridized carbons (Fsp3) is 0.227. The minimum absolute atomic E-state index is 0.0370. The summed E-state index contributed by atoms with van der Waals surface area (Å²) in [4.78, 5) is 21.3. The van der Waals surface area contributed by atoms with E-state index in [1.165, 1.54) is 6.20 Å². The fourth-order valence-electron chi connectivity index (χ4n) is 3.11. The third kappa shape index (κ3) is 4.72. The Hall–Kier alpha value is -2.96. The van der Waals surface area contributed by atoms with Gasteiger partial charge in [0.25, 0.3) is 5.91 Å². The van der Waals surface area contributed by atoms with Gasteiger partial charge < -0.3 is 15.2 Å². The summed E-state index contributed by atoms with van der Waals surface area (Å²) in [5.41, 5.74) is 4.41. The largest absolute Gasteiger partial charge is 0.493 e. The number of hydrogen-bond acceptors (Lipinski definition) is 5. The number of halogens is 1. The Morgan fingerprint density at radius 1 is 1.17 bits per heavy atom. The SMILES string of the molecule is CCOc1ccc(Cl)cc1-c1ccnc(C(=O)Nc2c(C)cc(CO)cc2C)n1. The predicted molar refractivity (Wildman–Crippen MR) is 113 cm³/mol. The standard InChI is InChI=1S/C22H22ClN3O3/c1-4-29-19-6-5-16(23)11-17(19)18-7-8-24-21(25-18)22(28)26-20-13(2)9-15(12-27)10-14(20)3/h5-11,27H,4,12H2,1-3H3,(H,26,28). The van der Waals surface area contributed by atoms with E-state index in [-0.39, 0.29) is 12.4 Å². The van der Waals surface area contributed by atoms with Crippen molar-refractivity contribution in [2.45, 2.75) is 27.4 Å². The molecule has 0 saturated carbocycles. The molecule has 1 aromatic heterocycles. The second kappa shape index (κ2) is 9.03. The molecule has 29 heavy (non-hydrogen) atoms. The van der Waals surface area contributed by atoms with Crippen LogP contribution in [0.5, 0.6) is 5.75 Å². The number of aromatic nitrogens is 2. The van der Waals surface area contributed by atoms with Crippen LogP contribution < -0.4 is 10.1 Å². The third-order valence-electron chi connectivity index (χ3n) is 4.39. The van der Waals surface area contributed by atoms with Crippen molar-refractivity contribution in [1.29, 1.82) is 0 Å². The smallest absolute Gasteiger partial charge is 0.293 e. The average molecular weight is 412 g/mol. The number of hydrogen-bond donors (Lipinski definition) is 2. The van der Waals surface area contributed by atoms with Crippen molar-refractivity contribution < 1.29 is 14.6 Å². The molecule has 0 spiro atoms. The second-order valence-corrected chi connectivity index (χ2v) is 6.99. The van der Waals surface area contributed by atoms with Crippen LogP contribution in [-0.2, 0) is 6.61 Å². The highest BCUT2D eigenvalue weighted by atomic mass is 35.5. The molecule has 0 atom stereocenters. The topological polar surface area (TPSA) is 84.3 Å². The van der Waals surface area contributed by atoms with E-state index in [2.05, 4.69) is 15.3 Å². The van der Waals surface area contributed by atoms with E-state index in [0.29, 0.717) is 34.3 Å². The van der Waals surface area contributed by atoms with Crippen LogP contribution in [-0.4, -0.2) is 27.6 Å². The average Bonchev–Trinajstić information content (AvgIpc) is 2.72. The van der Waals surface area contributed by atoms with Gasteiger partial charge in [0, 0.05) is 22.5 Å². The number of carbonyl (C=O) groups is 1. The summed E-state index contributed by atoms with van der Waals surface area (Å²) in [6, 6.07) is 10.6. The fourth-order valence-corrected chi connectivity index (χ4v) is 3.29. The van der Waals surface area contributed by atoms with E-state index < -0.39 is 5.91 Å². The lowest BCUT2D eigenvalue weighted by atomic mass is 10.0. The number of amides is 1. The molecule has 3 rings (SSSR count). The summed E-state index contributed by atoms with van der Waals surface area (Å²) in [6.07, 6.45) is 1.53. The van der Waals surface area contributed by atoms with Crippen LogP contribution in [0, 0.1) is 13.8 Å². The lowest BCUT2D eigenvalue weighted by Gasteiger charge is -2.13. The first-order valence-corrected chi connectivity index (χ1v) is 9.58. The number of aryl methyl sites for hydroxylation is 2. The van der Waals surface area contributed by atoms with Crippen LogP contribution in [0.4, 0.5) is 5.69 Å². The van der Waals surface area contributed by atoms with Crippen molar-refractivity contribution in [2.24, 2.45) is 0 Å². The van der Waals surface area contributed by atoms with Crippen LogP contribution in [0.15, 0.2) is 42.6 Å². The molecule has 1 amide bonds. The molecule has 0 radical (unpaired) electrons. The molecule has 0 aliphatic heterocycles. The zero-order valence-electron chi connectivity index (χ0n) is 16.5. The van der Waals surface area contributed by atoms with Gasteiger partial charge in [-0.3, -0.25) is 4.79 Å². The van der Waals surface area contributed by atoms with Gasteiger partial charge in [-0.15, -0.1) is 0 Å². The summed E-state index contributed by atoms with van der Waals surface area (Å²) in [5.74, 6) is 0.248. The molecular weight excluding hydrogens is 390 g/mol. The molecule has 2 aromatic carbocycles. The Balaban J connectivity index is 1.93. The number of ether oxygens (including phenoxy) is 1. The molecule has 0 saturated heterocycles. The maximum Gasteiger partial charge on any atom is 0.293 e.